The van der Waals surface area contributed by atoms with Crippen molar-refractivity contribution in [3.05, 3.63) is 78.4 Å². The van der Waals surface area contributed by atoms with Crippen molar-refractivity contribution in [1.82, 2.24) is 20.0 Å². The Kier molecular flexibility index (Phi) is 3.66. The number of nitrogens with one attached hydrogen (secondary N) is 1. The molecular formula is C18H12FN5O. The number of hydrogen-bond donors (Lipinski definition) is 1. The molecule has 0 bridgehead atoms. The van der Waals surface area contributed by atoms with Crippen molar-refractivity contribution in [3.63, 3.8) is 0 Å². The topological polar surface area (TPSA) is 72.7 Å². The fourth-order valence-electron chi connectivity index (χ4n) is 2.39. The highest BCUT2D eigenvalue weighted by atomic mass is 19.1. The summed E-state index contributed by atoms with van der Waals surface area (Å²) in [6.07, 6.45) is 3.12. The first-order valence-electron chi connectivity index (χ1n) is 7.53. The van der Waals surface area contributed by atoms with E-state index < -0.39 is 0 Å². The minimum absolute atomic E-state index is 0.229. The normalized spacial score (nSPS) is 10.8. The van der Waals surface area contributed by atoms with Crippen LogP contribution in [0.5, 0.6) is 0 Å². The van der Waals surface area contributed by atoms with E-state index in [4.69, 9.17) is 0 Å². The smallest absolute Gasteiger partial charge is 0.255 e. The minimum atomic E-state index is -0.318. The van der Waals surface area contributed by atoms with E-state index in [0.717, 1.165) is 0 Å². The fraction of sp³-hybridized carbons (Fsp3) is 0. The largest absolute Gasteiger partial charge is 0.322 e. The minimum Gasteiger partial charge on any atom is -0.322 e. The van der Waals surface area contributed by atoms with Crippen molar-refractivity contribution in [2.75, 3.05) is 5.32 Å². The standard InChI is InChI=1S/C18H12FN5O/c19-13-1-4-15(5-2-13)24-22-16-6-3-14(11-17(16)23-24)21-18(25)12-7-9-20-10-8-12/h1-11H,(H,21,25). The van der Waals surface area contributed by atoms with Gasteiger partial charge >= 0.3 is 0 Å². The van der Waals surface area contributed by atoms with Crippen LogP contribution in [0.25, 0.3) is 16.7 Å². The summed E-state index contributed by atoms with van der Waals surface area (Å²) in [6.45, 7) is 0. The van der Waals surface area contributed by atoms with E-state index in [2.05, 4.69) is 20.5 Å². The van der Waals surface area contributed by atoms with Crippen molar-refractivity contribution in [2.45, 2.75) is 0 Å². The Hall–Kier alpha value is -3.61. The Morgan fingerprint density at radius 1 is 0.920 bits per heavy atom. The number of halogens is 1. The van der Waals surface area contributed by atoms with Gasteiger partial charge in [0.05, 0.1) is 5.69 Å². The van der Waals surface area contributed by atoms with Gasteiger partial charge < -0.3 is 5.32 Å². The van der Waals surface area contributed by atoms with Crippen LogP contribution in [-0.4, -0.2) is 25.9 Å². The third kappa shape index (κ3) is 3.07. The zero-order chi connectivity index (χ0) is 17.2. The summed E-state index contributed by atoms with van der Waals surface area (Å²) in [6, 6.07) is 14.4. The Morgan fingerprint density at radius 2 is 1.64 bits per heavy atom. The van der Waals surface area contributed by atoms with Crippen molar-refractivity contribution in [1.29, 1.82) is 0 Å². The van der Waals surface area contributed by atoms with E-state index in [1.165, 1.54) is 16.9 Å². The SMILES string of the molecule is O=C(Nc1ccc2nn(-c3ccc(F)cc3)nc2c1)c1ccncc1. The van der Waals surface area contributed by atoms with Crippen LogP contribution in [0.15, 0.2) is 67.0 Å². The summed E-state index contributed by atoms with van der Waals surface area (Å²) in [5.41, 5.74) is 3.08. The summed E-state index contributed by atoms with van der Waals surface area (Å²) < 4.78 is 13.0. The van der Waals surface area contributed by atoms with Gasteiger partial charge in [0.25, 0.3) is 5.91 Å². The molecule has 0 aliphatic heterocycles. The van der Waals surface area contributed by atoms with Gasteiger partial charge in [-0.25, -0.2) is 4.39 Å². The van der Waals surface area contributed by atoms with Gasteiger partial charge in [-0.15, -0.1) is 10.2 Å². The molecule has 0 aliphatic carbocycles. The summed E-state index contributed by atoms with van der Waals surface area (Å²) in [5.74, 6) is -0.547. The molecule has 6 nitrogen and oxygen atoms in total. The number of fused-ring (bicyclic) bond motifs is 1. The molecule has 2 aromatic carbocycles. The molecule has 0 saturated carbocycles. The van der Waals surface area contributed by atoms with E-state index in [1.54, 1.807) is 54.9 Å². The third-order valence-corrected chi connectivity index (χ3v) is 3.64. The number of nitrogens with zero attached hydrogens (tertiary/aromatic N) is 4. The van der Waals surface area contributed by atoms with Gasteiger partial charge in [-0.3, -0.25) is 9.78 Å². The lowest BCUT2D eigenvalue weighted by molar-refractivity contribution is 0.102. The molecule has 0 saturated heterocycles. The molecule has 0 fully saturated rings. The van der Waals surface area contributed by atoms with Gasteiger partial charge in [0, 0.05) is 23.6 Å². The first-order valence-corrected chi connectivity index (χ1v) is 7.53. The predicted octanol–water partition coefficient (Wildman–Crippen LogP) is 3.21. The number of pyridine rings is 1. The maximum absolute atomic E-state index is 13.0. The second-order valence-electron chi connectivity index (χ2n) is 5.36. The molecule has 2 heterocycles. The Labute approximate surface area is 141 Å². The second-order valence-corrected chi connectivity index (χ2v) is 5.36. The van der Waals surface area contributed by atoms with Crippen LogP contribution < -0.4 is 5.32 Å². The van der Waals surface area contributed by atoms with Gasteiger partial charge in [-0.2, -0.15) is 4.80 Å². The molecule has 0 atom stereocenters. The number of anilines is 1. The summed E-state index contributed by atoms with van der Waals surface area (Å²) in [4.78, 5) is 17.5. The number of amides is 1. The molecule has 0 spiro atoms. The Morgan fingerprint density at radius 3 is 2.40 bits per heavy atom. The summed E-state index contributed by atoms with van der Waals surface area (Å²) in [7, 11) is 0. The van der Waals surface area contributed by atoms with E-state index >= 15 is 0 Å². The molecule has 0 radical (unpaired) electrons. The van der Waals surface area contributed by atoms with Crippen LogP contribution in [0, 0.1) is 5.82 Å². The van der Waals surface area contributed by atoms with Crippen molar-refractivity contribution in [2.24, 2.45) is 0 Å². The zero-order valence-electron chi connectivity index (χ0n) is 12.9. The third-order valence-electron chi connectivity index (χ3n) is 3.64. The van der Waals surface area contributed by atoms with Crippen molar-refractivity contribution >= 4 is 22.6 Å². The summed E-state index contributed by atoms with van der Waals surface area (Å²) in [5, 5.41) is 11.5. The first-order chi connectivity index (χ1) is 12.2. The highest BCUT2D eigenvalue weighted by Crippen LogP contribution is 2.18. The van der Waals surface area contributed by atoms with E-state index in [1.807, 2.05) is 0 Å². The highest BCUT2D eigenvalue weighted by molar-refractivity contribution is 6.04. The maximum atomic E-state index is 13.0. The number of benzene rings is 2. The van der Waals surface area contributed by atoms with Gasteiger partial charge in [-0.05, 0) is 54.6 Å². The van der Waals surface area contributed by atoms with Crippen LogP contribution in [0.3, 0.4) is 0 Å². The second kappa shape index (κ2) is 6.12. The number of aromatic nitrogens is 4. The van der Waals surface area contributed by atoms with Gasteiger partial charge in [-0.1, -0.05) is 0 Å². The molecule has 25 heavy (non-hydrogen) atoms. The summed E-state index contributed by atoms with van der Waals surface area (Å²) >= 11 is 0. The quantitative estimate of drug-likeness (QED) is 0.625. The van der Waals surface area contributed by atoms with Crippen LogP contribution in [0.1, 0.15) is 10.4 Å². The molecule has 0 aliphatic rings. The predicted molar refractivity (Wildman–Crippen MR) is 91.0 cm³/mol. The molecule has 4 rings (SSSR count). The number of carbonyl (C=O) groups excluding carboxylic acids is 1. The first kappa shape index (κ1) is 14.9. The molecule has 0 unspecified atom stereocenters. The van der Waals surface area contributed by atoms with E-state index in [0.29, 0.717) is 28.0 Å². The van der Waals surface area contributed by atoms with Gasteiger partial charge in [0.2, 0.25) is 0 Å². The average Bonchev–Trinajstić information content (AvgIpc) is 3.06. The molecule has 7 heteroatoms. The number of carbonyl (C=O) groups is 1. The molecule has 4 aromatic rings. The molecule has 2 aromatic heterocycles. The monoisotopic (exact) mass is 333 g/mol. The van der Waals surface area contributed by atoms with Gasteiger partial charge in [0.1, 0.15) is 16.9 Å². The van der Waals surface area contributed by atoms with Gasteiger partial charge in [0.15, 0.2) is 0 Å². The van der Waals surface area contributed by atoms with Crippen LogP contribution in [0.2, 0.25) is 0 Å². The maximum Gasteiger partial charge on any atom is 0.255 e. The van der Waals surface area contributed by atoms with E-state index in [-0.39, 0.29) is 11.7 Å². The molecular weight excluding hydrogens is 321 g/mol. The van der Waals surface area contributed by atoms with E-state index in [9.17, 15) is 9.18 Å². The highest BCUT2D eigenvalue weighted by Gasteiger charge is 2.09. The fourth-order valence-corrected chi connectivity index (χ4v) is 2.39. The van der Waals surface area contributed by atoms with Crippen LogP contribution >= 0.6 is 0 Å². The molecule has 1 N–H and O–H groups in total. The number of rotatable bonds is 3. The van der Waals surface area contributed by atoms with Crippen LogP contribution in [0.4, 0.5) is 10.1 Å². The lowest BCUT2D eigenvalue weighted by atomic mass is 10.2. The zero-order valence-corrected chi connectivity index (χ0v) is 12.9. The lowest BCUT2D eigenvalue weighted by Crippen LogP contribution is -2.11. The lowest BCUT2D eigenvalue weighted by Gasteiger charge is -2.04. The van der Waals surface area contributed by atoms with Crippen molar-refractivity contribution in [3.8, 4) is 5.69 Å². The number of hydrogen-bond acceptors (Lipinski definition) is 4. The Balaban J connectivity index is 1.62. The molecule has 122 valence electrons. The van der Waals surface area contributed by atoms with Crippen LogP contribution in [-0.2, 0) is 0 Å². The molecule has 1 amide bonds. The van der Waals surface area contributed by atoms with Crippen molar-refractivity contribution < 1.29 is 9.18 Å². The Bertz CT molecular complexity index is 1040. The average molecular weight is 333 g/mol.